The Morgan fingerprint density at radius 3 is 2.06 bits per heavy atom. The van der Waals surface area contributed by atoms with Gasteiger partial charge in [-0.2, -0.15) is 0 Å². The number of aliphatic hydroxyl groups is 5. The first-order chi connectivity index (χ1) is 25.5. The Hall–Kier alpha value is -5.89. The minimum atomic E-state index is -1.81. The molecule has 4 aromatic carbocycles. The molecule has 18 nitrogen and oxygen atoms in total. The van der Waals surface area contributed by atoms with Gasteiger partial charge in [-0.05, 0) is 35.7 Å². The second-order valence-corrected chi connectivity index (χ2v) is 12.9. The highest BCUT2D eigenvalue weighted by Gasteiger charge is 2.45. The van der Waals surface area contributed by atoms with Crippen molar-refractivity contribution in [1.82, 2.24) is 0 Å². The number of rotatable bonds is 9. The number of Topliss-reactive ketones (excluding diaryl/α,β-unsaturated/α-hetero) is 1. The van der Waals surface area contributed by atoms with Crippen LogP contribution in [0.15, 0.2) is 42.5 Å². The number of carbonyl (C=O) groups is 1. The predicted octanol–water partition coefficient (Wildman–Crippen LogP) is 0.735. The van der Waals surface area contributed by atoms with Crippen LogP contribution in [-0.2, 0) is 17.6 Å². The van der Waals surface area contributed by atoms with Crippen molar-refractivity contribution in [3.05, 3.63) is 64.7 Å². The fourth-order valence-electron chi connectivity index (χ4n) is 6.57. The third-order valence-corrected chi connectivity index (χ3v) is 9.32. The lowest BCUT2D eigenvalue weighted by atomic mass is 9.85. The number of fused-ring (bicyclic) bond motifs is 1. The van der Waals surface area contributed by atoms with E-state index in [1.165, 1.54) is 0 Å². The molecule has 6 rings (SSSR count). The molecule has 0 saturated carbocycles. The van der Waals surface area contributed by atoms with Gasteiger partial charge in [-0.3, -0.25) is 4.79 Å². The van der Waals surface area contributed by atoms with Gasteiger partial charge in [0.05, 0.1) is 12.7 Å². The Labute approximate surface area is 304 Å². The standard InChI is InChI=1S/C36H36O18/c37-11-27-31(48)33(50)34(51)36(54-27)52-14-6-22(43)29(23(44)7-14)18(39)2-1-12-3-20(41)21(42)8-15(12)28-17(10-24(45)30(47)32(28)49)35-25(46)9-16-19(40)4-13(38)5-26(16)53-35/h3-8,10,25,27,31,33-38,40-51H,1-2,9,11H2/t25-,27-,31-,33+,34-,35+,36-/m1/s1. The van der Waals surface area contributed by atoms with Crippen LogP contribution in [0.25, 0.3) is 11.1 Å². The topological polar surface area (TPSA) is 328 Å². The number of phenolic OH excluding ortho intramolecular Hbond substituents is 9. The Bertz CT molecular complexity index is 2070. The van der Waals surface area contributed by atoms with Crippen LogP contribution in [0.2, 0.25) is 0 Å². The van der Waals surface area contributed by atoms with E-state index in [4.69, 9.17) is 14.2 Å². The second kappa shape index (κ2) is 14.5. The first-order valence-electron chi connectivity index (χ1n) is 16.3. The molecule has 0 unspecified atom stereocenters. The molecule has 0 aliphatic carbocycles. The van der Waals surface area contributed by atoms with Crippen molar-refractivity contribution in [2.75, 3.05) is 6.61 Å². The van der Waals surface area contributed by atoms with Gasteiger partial charge in [-0.25, -0.2) is 0 Å². The zero-order chi connectivity index (χ0) is 39.3. The van der Waals surface area contributed by atoms with E-state index in [1.807, 2.05) is 0 Å². The number of phenols is 9. The molecule has 288 valence electrons. The number of aryl methyl sites for hydroxylation is 1. The van der Waals surface area contributed by atoms with Crippen molar-refractivity contribution < 1.29 is 90.5 Å². The van der Waals surface area contributed by atoms with Crippen LogP contribution in [0.5, 0.6) is 63.2 Å². The number of hydrogen-bond donors (Lipinski definition) is 14. The van der Waals surface area contributed by atoms with Gasteiger partial charge in [0.1, 0.15) is 64.5 Å². The van der Waals surface area contributed by atoms with Gasteiger partial charge in [0.25, 0.3) is 0 Å². The molecule has 54 heavy (non-hydrogen) atoms. The number of benzene rings is 4. The number of hydrogen-bond acceptors (Lipinski definition) is 18. The highest BCUT2D eigenvalue weighted by molar-refractivity contribution is 6.01. The van der Waals surface area contributed by atoms with Crippen molar-refractivity contribution in [2.24, 2.45) is 0 Å². The molecule has 14 N–H and O–H groups in total. The molecular formula is C36H36O18. The maximum atomic E-state index is 13.4. The van der Waals surface area contributed by atoms with Crippen LogP contribution in [0.1, 0.15) is 39.6 Å². The quantitative estimate of drug-likeness (QED) is 0.0827. The number of ether oxygens (including phenoxy) is 3. The lowest BCUT2D eigenvalue weighted by molar-refractivity contribution is -0.277. The fourth-order valence-corrected chi connectivity index (χ4v) is 6.57. The smallest absolute Gasteiger partial charge is 0.229 e. The van der Waals surface area contributed by atoms with E-state index in [0.717, 1.165) is 42.5 Å². The van der Waals surface area contributed by atoms with Crippen LogP contribution in [0.4, 0.5) is 0 Å². The molecule has 2 heterocycles. The average Bonchev–Trinajstić information content (AvgIpc) is 3.11. The van der Waals surface area contributed by atoms with E-state index in [9.17, 15) is 76.3 Å². The summed E-state index contributed by atoms with van der Waals surface area (Å²) in [5.74, 6) is -7.78. The molecule has 0 bridgehead atoms. The third-order valence-electron chi connectivity index (χ3n) is 9.32. The molecule has 2 aliphatic rings. The van der Waals surface area contributed by atoms with E-state index in [2.05, 4.69) is 0 Å². The Morgan fingerprint density at radius 1 is 0.722 bits per heavy atom. The predicted molar refractivity (Wildman–Crippen MR) is 180 cm³/mol. The monoisotopic (exact) mass is 756 g/mol. The molecule has 2 aliphatic heterocycles. The van der Waals surface area contributed by atoms with Gasteiger partial charge in [0, 0.05) is 53.8 Å². The zero-order valence-corrected chi connectivity index (χ0v) is 27.8. The summed E-state index contributed by atoms with van der Waals surface area (Å²) in [5, 5.41) is 146. The SMILES string of the molecule is O=C(CCc1cc(O)c(O)cc1-c1c([C@@H]2Oc3cc(O)cc(O)c3C[C@H]2O)cc(O)c(O)c1O)c1c(O)cc(O[C@@H]2O[C@H](CO)[C@@H](O)[C@H](O)[C@H]2O)cc1O. The van der Waals surface area contributed by atoms with E-state index in [-0.39, 0.29) is 63.7 Å². The number of carbonyl (C=O) groups excluding carboxylic acids is 1. The summed E-state index contributed by atoms with van der Waals surface area (Å²) in [6, 6.07) is 6.96. The summed E-state index contributed by atoms with van der Waals surface area (Å²) in [6.45, 7) is -0.744. The van der Waals surface area contributed by atoms with Crippen LogP contribution in [0, 0.1) is 0 Å². The first kappa shape index (κ1) is 37.9. The molecule has 0 amide bonds. The summed E-state index contributed by atoms with van der Waals surface area (Å²) in [4.78, 5) is 13.4. The maximum Gasteiger partial charge on any atom is 0.229 e. The molecule has 1 saturated heterocycles. The second-order valence-electron chi connectivity index (χ2n) is 12.9. The molecule has 4 aromatic rings. The third kappa shape index (κ3) is 6.84. The lowest BCUT2D eigenvalue weighted by Gasteiger charge is -2.39. The highest BCUT2D eigenvalue weighted by Crippen LogP contribution is 2.52. The average molecular weight is 757 g/mol. The van der Waals surface area contributed by atoms with Crippen LogP contribution < -0.4 is 9.47 Å². The van der Waals surface area contributed by atoms with Crippen molar-refractivity contribution in [2.45, 2.75) is 62.2 Å². The maximum absolute atomic E-state index is 13.4. The molecule has 7 atom stereocenters. The zero-order valence-electron chi connectivity index (χ0n) is 27.8. The van der Waals surface area contributed by atoms with E-state index < -0.39 is 108 Å². The van der Waals surface area contributed by atoms with Crippen LogP contribution >= 0.6 is 0 Å². The minimum Gasteiger partial charge on any atom is -0.508 e. The first-order valence-corrected chi connectivity index (χ1v) is 16.3. The molecular weight excluding hydrogens is 720 g/mol. The molecule has 0 aromatic heterocycles. The van der Waals surface area contributed by atoms with Gasteiger partial charge in [0.2, 0.25) is 12.0 Å². The van der Waals surface area contributed by atoms with Crippen molar-refractivity contribution in [1.29, 1.82) is 0 Å². The summed E-state index contributed by atoms with van der Waals surface area (Å²) in [5.41, 5.74) is -1.02. The molecule has 0 spiro atoms. The summed E-state index contributed by atoms with van der Waals surface area (Å²) < 4.78 is 16.6. The number of ketones is 1. The van der Waals surface area contributed by atoms with Crippen LogP contribution in [-0.4, -0.2) is 121 Å². The van der Waals surface area contributed by atoms with Gasteiger partial charge < -0.3 is 85.7 Å². The van der Waals surface area contributed by atoms with Gasteiger partial charge >= 0.3 is 0 Å². The minimum absolute atomic E-state index is 0.0304. The van der Waals surface area contributed by atoms with Gasteiger partial charge in [-0.1, -0.05) is 0 Å². The van der Waals surface area contributed by atoms with Crippen molar-refractivity contribution in [3.8, 4) is 74.4 Å². The number of aromatic hydroxyl groups is 9. The molecule has 18 heteroatoms. The Balaban J connectivity index is 1.31. The van der Waals surface area contributed by atoms with Gasteiger partial charge in [-0.15, -0.1) is 0 Å². The van der Waals surface area contributed by atoms with Crippen LogP contribution in [0.3, 0.4) is 0 Å². The van der Waals surface area contributed by atoms with Gasteiger partial charge in [0.15, 0.2) is 34.9 Å². The molecule has 0 radical (unpaired) electrons. The van der Waals surface area contributed by atoms with Crippen molar-refractivity contribution in [3.63, 3.8) is 0 Å². The Kier molecular flexibility index (Phi) is 10.2. The van der Waals surface area contributed by atoms with E-state index >= 15 is 0 Å². The summed E-state index contributed by atoms with van der Waals surface area (Å²) >= 11 is 0. The van der Waals surface area contributed by atoms with E-state index in [0.29, 0.717) is 0 Å². The fraction of sp³-hybridized carbons (Fsp3) is 0.306. The largest absolute Gasteiger partial charge is 0.508 e. The van der Waals surface area contributed by atoms with E-state index in [1.54, 1.807) is 0 Å². The number of aliphatic hydroxyl groups excluding tert-OH is 5. The Morgan fingerprint density at radius 2 is 1.39 bits per heavy atom. The molecule has 1 fully saturated rings. The highest BCUT2D eigenvalue weighted by atomic mass is 16.7. The summed E-state index contributed by atoms with van der Waals surface area (Å²) in [6.07, 6.45) is -12.2. The normalized spacial score (nSPS) is 23.7. The summed E-state index contributed by atoms with van der Waals surface area (Å²) in [7, 11) is 0. The van der Waals surface area contributed by atoms with Crippen molar-refractivity contribution >= 4 is 5.78 Å². The lowest BCUT2D eigenvalue weighted by Crippen LogP contribution is -2.60.